The minimum absolute atomic E-state index is 0.444. The van der Waals surface area contributed by atoms with Gasteiger partial charge in [-0.1, -0.05) is 17.7 Å². The summed E-state index contributed by atoms with van der Waals surface area (Å²) in [7, 11) is 1.95. The van der Waals surface area contributed by atoms with Gasteiger partial charge in [0.15, 0.2) is 0 Å². The number of hydrogen-bond acceptors (Lipinski definition) is 2. The first-order valence-electron chi connectivity index (χ1n) is 5.53. The van der Waals surface area contributed by atoms with E-state index in [0.717, 1.165) is 15.9 Å². The second-order valence-corrected chi connectivity index (χ2v) is 5.05. The number of nitrogens with zero attached hydrogens (tertiary/aromatic N) is 2. The first kappa shape index (κ1) is 12.3. The fraction of sp³-hybridized carbons (Fsp3) is 0.308. The molecule has 1 aromatic heterocycles. The van der Waals surface area contributed by atoms with Crippen molar-refractivity contribution < 1.29 is 0 Å². The fourth-order valence-corrected chi connectivity index (χ4v) is 2.68. The van der Waals surface area contributed by atoms with E-state index in [2.05, 4.69) is 53.1 Å². The lowest BCUT2D eigenvalue weighted by molar-refractivity contribution is 0.749. The van der Waals surface area contributed by atoms with Crippen LogP contribution in [-0.4, -0.2) is 9.78 Å². The lowest BCUT2D eigenvalue weighted by atomic mass is 10.0. The number of hydrogen-bond donors (Lipinski definition) is 1. The summed E-state index contributed by atoms with van der Waals surface area (Å²) in [5.41, 5.74) is 11.3. The van der Waals surface area contributed by atoms with Crippen LogP contribution in [0.1, 0.15) is 16.8 Å². The number of nitrogens with two attached hydrogens (primary N) is 1. The molecule has 0 saturated carbocycles. The van der Waals surface area contributed by atoms with Crippen LogP contribution >= 0.6 is 15.9 Å². The minimum Gasteiger partial charge on any atom is -0.325 e. The van der Waals surface area contributed by atoms with Gasteiger partial charge in [-0.05, 0) is 41.4 Å². The lowest BCUT2D eigenvalue weighted by Gasteiger charge is -2.08. The van der Waals surface area contributed by atoms with Gasteiger partial charge in [0.05, 0.1) is 15.9 Å². The van der Waals surface area contributed by atoms with Crippen molar-refractivity contribution in [3.63, 3.8) is 0 Å². The molecule has 0 aliphatic carbocycles. The molecule has 0 aliphatic heterocycles. The van der Waals surface area contributed by atoms with Gasteiger partial charge in [0.25, 0.3) is 0 Å². The van der Waals surface area contributed by atoms with Crippen LogP contribution in [0.4, 0.5) is 0 Å². The molecule has 1 heterocycles. The van der Waals surface area contributed by atoms with Gasteiger partial charge in [-0.15, -0.1) is 0 Å². The van der Waals surface area contributed by atoms with Crippen molar-refractivity contribution in [1.82, 2.24) is 9.78 Å². The highest BCUT2D eigenvalue weighted by molar-refractivity contribution is 9.10. The number of benzene rings is 1. The molecule has 4 heteroatoms. The van der Waals surface area contributed by atoms with Crippen LogP contribution in [-0.2, 0) is 13.6 Å². The second kappa shape index (κ2) is 4.63. The average molecular weight is 294 g/mol. The summed E-state index contributed by atoms with van der Waals surface area (Å²) in [4.78, 5) is 0. The standard InChI is InChI=1S/C13H16BrN3/c1-8-4-5-9(2)10(6-8)13-12(14)11(7-15)16-17(13)3/h4-6H,7,15H2,1-3H3. The molecule has 0 spiro atoms. The van der Waals surface area contributed by atoms with Crippen LogP contribution in [0.15, 0.2) is 22.7 Å². The van der Waals surface area contributed by atoms with Crippen LogP contribution in [0.2, 0.25) is 0 Å². The van der Waals surface area contributed by atoms with Gasteiger partial charge in [0.2, 0.25) is 0 Å². The molecule has 0 atom stereocenters. The topological polar surface area (TPSA) is 43.8 Å². The van der Waals surface area contributed by atoms with Crippen molar-refractivity contribution in [1.29, 1.82) is 0 Å². The number of aryl methyl sites for hydroxylation is 3. The monoisotopic (exact) mass is 293 g/mol. The highest BCUT2D eigenvalue weighted by Crippen LogP contribution is 2.33. The van der Waals surface area contributed by atoms with Crippen molar-refractivity contribution in [3.05, 3.63) is 39.5 Å². The normalized spacial score (nSPS) is 10.9. The number of rotatable bonds is 2. The van der Waals surface area contributed by atoms with Crippen LogP contribution < -0.4 is 5.73 Å². The van der Waals surface area contributed by atoms with E-state index in [1.807, 2.05) is 11.7 Å². The van der Waals surface area contributed by atoms with Gasteiger partial charge >= 0.3 is 0 Å². The molecule has 2 aromatic rings. The number of aromatic nitrogens is 2. The third-order valence-electron chi connectivity index (χ3n) is 2.90. The maximum Gasteiger partial charge on any atom is 0.0908 e. The van der Waals surface area contributed by atoms with E-state index in [9.17, 15) is 0 Å². The Morgan fingerprint density at radius 1 is 1.35 bits per heavy atom. The van der Waals surface area contributed by atoms with Crippen molar-refractivity contribution in [3.8, 4) is 11.3 Å². The Labute approximate surface area is 110 Å². The van der Waals surface area contributed by atoms with E-state index < -0.39 is 0 Å². The largest absolute Gasteiger partial charge is 0.325 e. The summed E-state index contributed by atoms with van der Waals surface area (Å²) >= 11 is 3.59. The smallest absolute Gasteiger partial charge is 0.0908 e. The van der Waals surface area contributed by atoms with Gasteiger partial charge in [0, 0.05) is 19.2 Å². The molecule has 0 amide bonds. The molecule has 2 rings (SSSR count). The first-order chi connectivity index (χ1) is 8.04. The molecule has 17 heavy (non-hydrogen) atoms. The Morgan fingerprint density at radius 2 is 2.06 bits per heavy atom. The second-order valence-electron chi connectivity index (χ2n) is 4.26. The molecule has 1 aromatic carbocycles. The molecule has 2 N–H and O–H groups in total. The fourth-order valence-electron chi connectivity index (χ4n) is 1.97. The molecular weight excluding hydrogens is 278 g/mol. The zero-order valence-corrected chi connectivity index (χ0v) is 11.9. The van der Waals surface area contributed by atoms with Crippen LogP contribution in [0, 0.1) is 13.8 Å². The molecular formula is C13H16BrN3. The molecule has 0 bridgehead atoms. The zero-order valence-electron chi connectivity index (χ0n) is 10.3. The maximum atomic E-state index is 5.67. The SMILES string of the molecule is Cc1ccc(C)c(-c2c(Br)c(CN)nn2C)c1. The van der Waals surface area contributed by atoms with Crippen LogP contribution in [0.25, 0.3) is 11.3 Å². The van der Waals surface area contributed by atoms with Gasteiger partial charge in [-0.3, -0.25) is 4.68 Å². The van der Waals surface area contributed by atoms with E-state index in [4.69, 9.17) is 5.73 Å². The molecule has 90 valence electrons. The van der Waals surface area contributed by atoms with Gasteiger partial charge < -0.3 is 5.73 Å². The van der Waals surface area contributed by atoms with E-state index in [1.54, 1.807) is 0 Å². The van der Waals surface area contributed by atoms with E-state index >= 15 is 0 Å². The predicted molar refractivity (Wildman–Crippen MR) is 73.7 cm³/mol. The first-order valence-corrected chi connectivity index (χ1v) is 6.33. The van der Waals surface area contributed by atoms with E-state index in [-0.39, 0.29) is 0 Å². The summed E-state index contributed by atoms with van der Waals surface area (Å²) in [6, 6.07) is 6.43. The summed E-state index contributed by atoms with van der Waals surface area (Å²) in [6.45, 7) is 4.65. The third-order valence-corrected chi connectivity index (χ3v) is 3.73. The Hall–Kier alpha value is -1.13. The summed E-state index contributed by atoms with van der Waals surface area (Å²) in [6.07, 6.45) is 0. The Balaban J connectivity index is 2.68. The summed E-state index contributed by atoms with van der Waals surface area (Å²) in [5, 5.41) is 4.42. The van der Waals surface area contributed by atoms with Crippen LogP contribution in [0.3, 0.4) is 0 Å². The van der Waals surface area contributed by atoms with Crippen molar-refractivity contribution >= 4 is 15.9 Å². The van der Waals surface area contributed by atoms with Gasteiger partial charge in [0.1, 0.15) is 0 Å². The van der Waals surface area contributed by atoms with Crippen molar-refractivity contribution in [2.75, 3.05) is 0 Å². The zero-order chi connectivity index (χ0) is 12.6. The molecule has 0 unspecified atom stereocenters. The molecule has 0 saturated heterocycles. The van der Waals surface area contributed by atoms with Gasteiger partial charge in [-0.2, -0.15) is 5.10 Å². The Morgan fingerprint density at radius 3 is 2.65 bits per heavy atom. The third kappa shape index (κ3) is 2.15. The average Bonchev–Trinajstić information content (AvgIpc) is 2.58. The Bertz CT molecular complexity index is 558. The highest BCUT2D eigenvalue weighted by atomic mass is 79.9. The molecule has 0 aliphatic rings. The number of halogens is 1. The predicted octanol–water partition coefficient (Wildman–Crippen LogP) is 2.93. The molecule has 0 radical (unpaired) electrons. The summed E-state index contributed by atoms with van der Waals surface area (Å²) < 4.78 is 2.88. The van der Waals surface area contributed by atoms with Crippen LogP contribution in [0.5, 0.6) is 0 Å². The quantitative estimate of drug-likeness (QED) is 0.925. The minimum atomic E-state index is 0.444. The lowest BCUT2D eigenvalue weighted by Crippen LogP contribution is -1.99. The molecule has 3 nitrogen and oxygen atoms in total. The molecule has 0 fully saturated rings. The van der Waals surface area contributed by atoms with Crippen molar-refractivity contribution in [2.45, 2.75) is 20.4 Å². The van der Waals surface area contributed by atoms with E-state index in [1.165, 1.54) is 16.7 Å². The van der Waals surface area contributed by atoms with Crippen molar-refractivity contribution in [2.24, 2.45) is 12.8 Å². The summed E-state index contributed by atoms with van der Waals surface area (Å²) in [5.74, 6) is 0. The highest BCUT2D eigenvalue weighted by Gasteiger charge is 2.15. The maximum absolute atomic E-state index is 5.67. The van der Waals surface area contributed by atoms with E-state index in [0.29, 0.717) is 6.54 Å². The Kier molecular flexibility index (Phi) is 3.35. The van der Waals surface area contributed by atoms with Gasteiger partial charge in [-0.25, -0.2) is 0 Å².